The topological polar surface area (TPSA) is 191 Å². The number of carbonyl (C=O) groups is 2. The number of imidazole rings is 1. The third kappa shape index (κ3) is 7.25. The van der Waals surface area contributed by atoms with Gasteiger partial charge < -0.3 is 37.5 Å². The van der Waals surface area contributed by atoms with Crippen molar-refractivity contribution >= 4 is 34.9 Å². The number of guanidine groups is 1. The van der Waals surface area contributed by atoms with Gasteiger partial charge in [-0.3, -0.25) is 19.0 Å². The summed E-state index contributed by atoms with van der Waals surface area (Å²) < 4.78 is 35.8. The fourth-order valence-corrected chi connectivity index (χ4v) is 5.63. The largest absolute Gasteiger partial charge is 0.494 e. The van der Waals surface area contributed by atoms with Gasteiger partial charge in [-0.1, -0.05) is 6.92 Å². The number of nitrogens with one attached hydrogen (secondary N) is 2. The van der Waals surface area contributed by atoms with Crippen LogP contribution in [0.25, 0.3) is 16.9 Å². The summed E-state index contributed by atoms with van der Waals surface area (Å²) in [5.41, 5.74) is 19.5. The standard InChI is InChI=1S/C32H38F2N10O3/c1-3-18-15-19(41-28-29-40-16-24(44(29)14-12-38-28)22-8-9-25(47-2)27(34)26(22)33)6-7-21(18)30(45)42-20-10-13-43(17-20)31(46)23(35)5-4-11-39-32(36)37/h6-9,12,14-16,20,23H,3-5,10-11,13,17,35H2,1-2H3,(H,38,41)(H,42,45)(H4,36,37,39)/t20-,23?/m1/s1. The monoisotopic (exact) mass is 648 g/mol. The average molecular weight is 649 g/mol. The molecule has 1 aliphatic heterocycles. The number of hydrogen-bond acceptors (Lipinski definition) is 8. The highest BCUT2D eigenvalue weighted by molar-refractivity contribution is 5.96. The van der Waals surface area contributed by atoms with E-state index in [1.807, 2.05) is 13.0 Å². The second kappa shape index (κ2) is 14.4. The van der Waals surface area contributed by atoms with Crippen LogP contribution in [0.5, 0.6) is 5.75 Å². The van der Waals surface area contributed by atoms with Crippen molar-refractivity contribution in [2.75, 3.05) is 32.1 Å². The second-order valence-corrected chi connectivity index (χ2v) is 11.2. The minimum Gasteiger partial charge on any atom is -0.494 e. The van der Waals surface area contributed by atoms with Gasteiger partial charge in [-0.15, -0.1) is 0 Å². The van der Waals surface area contributed by atoms with E-state index in [1.54, 1.807) is 27.6 Å². The van der Waals surface area contributed by atoms with Crippen LogP contribution >= 0.6 is 0 Å². The number of amides is 2. The molecule has 8 N–H and O–H groups in total. The molecule has 0 aliphatic carbocycles. The Bertz CT molecular complexity index is 1810. The fourth-order valence-electron chi connectivity index (χ4n) is 5.63. The highest BCUT2D eigenvalue weighted by atomic mass is 19.2. The zero-order chi connectivity index (χ0) is 33.7. The maximum absolute atomic E-state index is 14.9. The number of methoxy groups -OCH3 is 1. The highest BCUT2D eigenvalue weighted by Crippen LogP contribution is 2.31. The molecule has 1 saturated heterocycles. The number of benzene rings is 2. The Morgan fingerprint density at radius 1 is 1.17 bits per heavy atom. The van der Waals surface area contributed by atoms with Crippen LogP contribution in [0.15, 0.2) is 53.9 Å². The molecule has 5 rings (SSSR count). The van der Waals surface area contributed by atoms with Crippen LogP contribution in [-0.4, -0.2) is 75.9 Å². The van der Waals surface area contributed by atoms with E-state index >= 15 is 0 Å². The minimum atomic E-state index is -1.08. The predicted octanol–water partition coefficient (Wildman–Crippen LogP) is 2.70. The molecule has 1 aliphatic rings. The van der Waals surface area contributed by atoms with E-state index in [4.69, 9.17) is 21.9 Å². The van der Waals surface area contributed by atoms with E-state index in [2.05, 4.69) is 25.6 Å². The van der Waals surface area contributed by atoms with Gasteiger partial charge in [0.2, 0.25) is 11.7 Å². The van der Waals surface area contributed by atoms with Gasteiger partial charge in [0.1, 0.15) is 0 Å². The smallest absolute Gasteiger partial charge is 0.251 e. The number of ether oxygens (including phenoxy) is 1. The molecular formula is C32H38F2N10O3. The molecule has 1 fully saturated rings. The first kappa shape index (κ1) is 33.1. The van der Waals surface area contributed by atoms with E-state index in [0.29, 0.717) is 73.7 Å². The molecule has 2 aromatic heterocycles. The number of hydrogen-bond donors (Lipinski definition) is 5. The zero-order valence-corrected chi connectivity index (χ0v) is 26.2. The Hall–Kier alpha value is -5.31. The zero-order valence-electron chi connectivity index (χ0n) is 26.2. The van der Waals surface area contributed by atoms with Crippen LogP contribution in [0.1, 0.15) is 42.1 Å². The summed E-state index contributed by atoms with van der Waals surface area (Å²) in [6, 6.07) is 7.26. The SMILES string of the molecule is CCc1cc(Nc2nccn3c(-c4ccc(OC)c(F)c4F)cnc23)ccc1C(=O)N[C@@H]1CCN(C(=O)C(N)CCCN=C(N)N)C1. The van der Waals surface area contributed by atoms with Gasteiger partial charge in [-0.25, -0.2) is 14.4 Å². The molecule has 2 atom stereocenters. The molecule has 248 valence electrons. The van der Waals surface area contributed by atoms with Crippen molar-refractivity contribution in [3.05, 3.63) is 71.7 Å². The minimum absolute atomic E-state index is 0.00222. The van der Waals surface area contributed by atoms with Gasteiger partial charge in [0, 0.05) is 54.9 Å². The Labute approximate surface area is 270 Å². The van der Waals surface area contributed by atoms with Crippen molar-refractivity contribution < 1.29 is 23.1 Å². The van der Waals surface area contributed by atoms with E-state index in [9.17, 15) is 18.4 Å². The summed E-state index contributed by atoms with van der Waals surface area (Å²) in [5, 5.41) is 6.29. The maximum Gasteiger partial charge on any atom is 0.251 e. The number of aliphatic imine (C=N–C) groups is 1. The molecule has 0 saturated carbocycles. The second-order valence-electron chi connectivity index (χ2n) is 11.2. The number of aryl methyl sites for hydroxylation is 1. The van der Waals surface area contributed by atoms with Crippen molar-refractivity contribution in [3.63, 3.8) is 0 Å². The summed E-state index contributed by atoms with van der Waals surface area (Å²) in [6.45, 7) is 3.23. The third-order valence-corrected chi connectivity index (χ3v) is 8.08. The number of rotatable bonds is 12. The molecule has 0 radical (unpaired) electrons. The Morgan fingerprint density at radius 3 is 2.72 bits per heavy atom. The van der Waals surface area contributed by atoms with Crippen molar-refractivity contribution in [1.29, 1.82) is 0 Å². The highest BCUT2D eigenvalue weighted by Gasteiger charge is 2.30. The van der Waals surface area contributed by atoms with Crippen molar-refractivity contribution in [2.45, 2.75) is 44.7 Å². The fraction of sp³-hybridized carbons (Fsp3) is 0.344. The molecular weight excluding hydrogens is 610 g/mol. The number of nitrogens with zero attached hydrogens (tertiary/aromatic N) is 5. The number of aromatic nitrogens is 3. The van der Waals surface area contributed by atoms with Crippen LogP contribution in [0.3, 0.4) is 0 Å². The van der Waals surface area contributed by atoms with Gasteiger partial charge in [-0.2, -0.15) is 4.39 Å². The first-order chi connectivity index (χ1) is 22.6. The van der Waals surface area contributed by atoms with Crippen LogP contribution in [0.4, 0.5) is 20.3 Å². The van der Waals surface area contributed by atoms with Gasteiger partial charge in [0.15, 0.2) is 29.0 Å². The van der Waals surface area contributed by atoms with E-state index < -0.39 is 17.7 Å². The first-order valence-corrected chi connectivity index (χ1v) is 15.3. The Kier molecular flexibility index (Phi) is 10.1. The number of carbonyl (C=O) groups excluding carboxylic acids is 2. The van der Waals surface area contributed by atoms with Gasteiger partial charge in [-0.05, 0) is 61.6 Å². The summed E-state index contributed by atoms with van der Waals surface area (Å²) in [6.07, 6.45) is 6.81. The molecule has 2 amide bonds. The van der Waals surface area contributed by atoms with Crippen molar-refractivity contribution in [2.24, 2.45) is 22.2 Å². The maximum atomic E-state index is 14.9. The van der Waals surface area contributed by atoms with Crippen molar-refractivity contribution in [1.82, 2.24) is 24.6 Å². The van der Waals surface area contributed by atoms with Crippen LogP contribution in [0.2, 0.25) is 0 Å². The summed E-state index contributed by atoms with van der Waals surface area (Å²) in [7, 11) is 1.27. The molecule has 15 heteroatoms. The molecule has 47 heavy (non-hydrogen) atoms. The lowest BCUT2D eigenvalue weighted by Gasteiger charge is -2.21. The number of halogens is 2. The lowest BCUT2D eigenvalue weighted by molar-refractivity contribution is -0.131. The normalized spacial score (nSPS) is 15.0. The van der Waals surface area contributed by atoms with Gasteiger partial charge in [0.25, 0.3) is 5.91 Å². The molecule has 3 heterocycles. The quantitative estimate of drug-likeness (QED) is 0.0873. The molecule has 0 spiro atoms. The summed E-state index contributed by atoms with van der Waals surface area (Å²) in [4.78, 5) is 40.5. The number of nitrogens with two attached hydrogens (primary N) is 3. The Morgan fingerprint density at radius 2 is 1.98 bits per heavy atom. The molecule has 13 nitrogen and oxygen atoms in total. The molecule has 0 bridgehead atoms. The van der Waals surface area contributed by atoms with E-state index in [-0.39, 0.29) is 35.1 Å². The number of anilines is 2. The lowest BCUT2D eigenvalue weighted by atomic mass is 10.0. The molecule has 1 unspecified atom stereocenters. The third-order valence-electron chi connectivity index (χ3n) is 8.08. The molecule has 2 aromatic carbocycles. The van der Waals surface area contributed by atoms with Crippen molar-refractivity contribution in [3.8, 4) is 17.0 Å². The number of likely N-dealkylation sites (tertiary alicyclic amines) is 1. The van der Waals surface area contributed by atoms with E-state index in [1.165, 1.54) is 31.6 Å². The first-order valence-electron chi connectivity index (χ1n) is 15.3. The Balaban J connectivity index is 1.25. The lowest BCUT2D eigenvalue weighted by Crippen LogP contribution is -2.44. The van der Waals surface area contributed by atoms with Crippen LogP contribution in [-0.2, 0) is 11.2 Å². The summed E-state index contributed by atoms with van der Waals surface area (Å²) in [5.74, 6) is -2.33. The number of fused-ring (bicyclic) bond motifs is 1. The predicted molar refractivity (Wildman–Crippen MR) is 174 cm³/mol. The van der Waals surface area contributed by atoms with Crippen LogP contribution in [0, 0.1) is 11.6 Å². The van der Waals surface area contributed by atoms with Gasteiger partial charge in [0.05, 0.1) is 25.0 Å². The average Bonchev–Trinajstić information content (AvgIpc) is 3.71. The van der Waals surface area contributed by atoms with E-state index in [0.717, 1.165) is 5.56 Å². The van der Waals surface area contributed by atoms with Crippen LogP contribution < -0.4 is 32.6 Å². The molecule has 4 aromatic rings. The van der Waals surface area contributed by atoms with Gasteiger partial charge >= 0.3 is 0 Å². The summed E-state index contributed by atoms with van der Waals surface area (Å²) >= 11 is 0.